The van der Waals surface area contributed by atoms with E-state index in [0.717, 1.165) is 18.4 Å². The largest absolute Gasteiger partial charge is 0.378 e. The normalized spacial score (nSPS) is 32.2. The highest BCUT2D eigenvalue weighted by Crippen LogP contribution is 2.31. The van der Waals surface area contributed by atoms with Crippen molar-refractivity contribution in [2.75, 3.05) is 6.61 Å². The molecule has 1 saturated heterocycles. The zero-order valence-corrected chi connectivity index (χ0v) is 8.13. The standard InChI is InChI=1S/C10H20O/c1-7(2)9-5-6-11-10(9)8(3)4/h7-10H,5-6H2,1-4H3/t9-,10+/m1/s1. The van der Waals surface area contributed by atoms with E-state index in [1.807, 2.05) is 0 Å². The van der Waals surface area contributed by atoms with Crippen molar-refractivity contribution in [1.82, 2.24) is 0 Å². The molecule has 0 bridgehead atoms. The molecule has 1 aliphatic rings. The Balaban J connectivity index is 2.51. The zero-order chi connectivity index (χ0) is 8.43. The summed E-state index contributed by atoms with van der Waals surface area (Å²) < 4.78 is 5.69. The molecule has 0 spiro atoms. The van der Waals surface area contributed by atoms with Crippen molar-refractivity contribution < 1.29 is 4.74 Å². The van der Waals surface area contributed by atoms with Crippen molar-refractivity contribution in [2.24, 2.45) is 17.8 Å². The van der Waals surface area contributed by atoms with Gasteiger partial charge in [-0.1, -0.05) is 27.7 Å². The predicted octanol–water partition coefficient (Wildman–Crippen LogP) is 2.70. The highest BCUT2D eigenvalue weighted by atomic mass is 16.5. The Morgan fingerprint density at radius 2 is 1.73 bits per heavy atom. The van der Waals surface area contributed by atoms with Crippen molar-refractivity contribution in [3.05, 3.63) is 0 Å². The maximum atomic E-state index is 5.69. The van der Waals surface area contributed by atoms with Gasteiger partial charge in [0.2, 0.25) is 0 Å². The molecule has 0 unspecified atom stereocenters. The summed E-state index contributed by atoms with van der Waals surface area (Å²) in [5, 5.41) is 0. The summed E-state index contributed by atoms with van der Waals surface area (Å²) in [6.07, 6.45) is 1.79. The van der Waals surface area contributed by atoms with Crippen molar-refractivity contribution in [2.45, 2.75) is 40.2 Å². The van der Waals surface area contributed by atoms with E-state index in [0.29, 0.717) is 12.0 Å². The molecular formula is C10H20O. The van der Waals surface area contributed by atoms with E-state index in [2.05, 4.69) is 27.7 Å². The Morgan fingerprint density at radius 1 is 1.09 bits per heavy atom. The van der Waals surface area contributed by atoms with Gasteiger partial charge in [-0.2, -0.15) is 0 Å². The fraction of sp³-hybridized carbons (Fsp3) is 1.00. The van der Waals surface area contributed by atoms with E-state index < -0.39 is 0 Å². The fourth-order valence-corrected chi connectivity index (χ4v) is 2.03. The van der Waals surface area contributed by atoms with Gasteiger partial charge >= 0.3 is 0 Å². The molecule has 0 aromatic heterocycles. The molecule has 0 amide bonds. The third-order valence-electron chi connectivity index (χ3n) is 2.70. The molecule has 66 valence electrons. The van der Waals surface area contributed by atoms with Gasteiger partial charge in [-0.3, -0.25) is 0 Å². The second-order valence-electron chi connectivity index (χ2n) is 4.28. The first-order valence-corrected chi connectivity index (χ1v) is 4.74. The molecule has 1 heteroatoms. The molecule has 0 radical (unpaired) electrons. The average molecular weight is 156 g/mol. The first-order chi connectivity index (χ1) is 5.13. The van der Waals surface area contributed by atoms with Gasteiger partial charge in [-0.25, -0.2) is 0 Å². The molecule has 1 nitrogen and oxygen atoms in total. The van der Waals surface area contributed by atoms with E-state index in [-0.39, 0.29) is 0 Å². The minimum absolute atomic E-state index is 0.523. The summed E-state index contributed by atoms with van der Waals surface area (Å²) >= 11 is 0. The lowest BCUT2D eigenvalue weighted by atomic mass is 9.84. The molecule has 1 rings (SSSR count). The van der Waals surface area contributed by atoms with Crippen LogP contribution in [0.15, 0.2) is 0 Å². The van der Waals surface area contributed by atoms with Gasteiger partial charge in [0.05, 0.1) is 6.10 Å². The van der Waals surface area contributed by atoms with Crippen LogP contribution in [0.25, 0.3) is 0 Å². The summed E-state index contributed by atoms with van der Waals surface area (Å²) in [6.45, 7) is 10.1. The van der Waals surface area contributed by atoms with Crippen LogP contribution in [0, 0.1) is 17.8 Å². The highest BCUT2D eigenvalue weighted by molar-refractivity contribution is 4.80. The number of ether oxygens (including phenoxy) is 1. The monoisotopic (exact) mass is 156 g/mol. The summed E-state index contributed by atoms with van der Waals surface area (Å²) in [4.78, 5) is 0. The molecule has 1 heterocycles. The van der Waals surface area contributed by atoms with Crippen molar-refractivity contribution in [3.8, 4) is 0 Å². The van der Waals surface area contributed by atoms with Gasteiger partial charge in [0.1, 0.15) is 0 Å². The number of rotatable bonds is 2. The van der Waals surface area contributed by atoms with Gasteiger partial charge in [0.15, 0.2) is 0 Å². The van der Waals surface area contributed by atoms with Crippen LogP contribution in [-0.2, 0) is 4.74 Å². The topological polar surface area (TPSA) is 9.23 Å². The van der Waals surface area contributed by atoms with Crippen molar-refractivity contribution in [1.29, 1.82) is 0 Å². The lowest BCUT2D eigenvalue weighted by Crippen LogP contribution is -2.25. The zero-order valence-electron chi connectivity index (χ0n) is 8.13. The van der Waals surface area contributed by atoms with E-state index in [4.69, 9.17) is 4.74 Å². The smallest absolute Gasteiger partial charge is 0.0629 e. The molecule has 0 aromatic rings. The Labute approximate surface area is 70.1 Å². The minimum atomic E-state index is 0.523. The number of hydrogen-bond acceptors (Lipinski definition) is 1. The Bertz CT molecular complexity index is 104. The molecule has 1 aliphatic heterocycles. The van der Waals surface area contributed by atoms with E-state index in [1.54, 1.807) is 0 Å². The Hall–Kier alpha value is -0.0400. The van der Waals surface area contributed by atoms with Crippen molar-refractivity contribution in [3.63, 3.8) is 0 Å². The molecule has 0 aromatic carbocycles. The molecule has 11 heavy (non-hydrogen) atoms. The lowest BCUT2D eigenvalue weighted by molar-refractivity contribution is 0.0435. The summed E-state index contributed by atoms with van der Waals surface area (Å²) in [7, 11) is 0. The molecule has 2 atom stereocenters. The molecule has 0 aliphatic carbocycles. The van der Waals surface area contributed by atoms with E-state index in [9.17, 15) is 0 Å². The van der Waals surface area contributed by atoms with E-state index in [1.165, 1.54) is 6.42 Å². The first kappa shape index (κ1) is 9.05. The third-order valence-corrected chi connectivity index (χ3v) is 2.70. The van der Waals surface area contributed by atoms with Gasteiger partial charge in [-0.15, -0.1) is 0 Å². The van der Waals surface area contributed by atoms with Crippen LogP contribution in [0.4, 0.5) is 0 Å². The highest BCUT2D eigenvalue weighted by Gasteiger charge is 2.32. The van der Waals surface area contributed by atoms with Crippen LogP contribution in [0.5, 0.6) is 0 Å². The molecule has 0 saturated carbocycles. The number of hydrogen-bond donors (Lipinski definition) is 0. The fourth-order valence-electron chi connectivity index (χ4n) is 2.03. The van der Waals surface area contributed by atoms with Crippen LogP contribution in [-0.4, -0.2) is 12.7 Å². The molecule has 1 fully saturated rings. The third kappa shape index (κ3) is 1.96. The van der Waals surface area contributed by atoms with Crippen LogP contribution in [0.3, 0.4) is 0 Å². The van der Waals surface area contributed by atoms with Crippen LogP contribution in [0.2, 0.25) is 0 Å². The Kier molecular flexibility index (Phi) is 2.94. The summed E-state index contributed by atoms with van der Waals surface area (Å²) in [6, 6.07) is 0. The second-order valence-corrected chi connectivity index (χ2v) is 4.28. The predicted molar refractivity (Wildman–Crippen MR) is 47.5 cm³/mol. The second kappa shape index (κ2) is 3.57. The van der Waals surface area contributed by atoms with Crippen LogP contribution in [0.1, 0.15) is 34.1 Å². The van der Waals surface area contributed by atoms with Crippen LogP contribution >= 0.6 is 0 Å². The van der Waals surface area contributed by atoms with Gasteiger partial charge in [-0.05, 0) is 24.2 Å². The van der Waals surface area contributed by atoms with Crippen molar-refractivity contribution >= 4 is 0 Å². The van der Waals surface area contributed by atoms with Gasteiger partial charge in [0, 0.05) is 6.61 Å². The Morgan fingerprint density at radius 3 is 2.09 bits per heavy atom. The SMILES string of the molecule is CC(C)[C@H]1CCO[C@H]1C(C)C. The molecular weight excluding hydrogens is 136 g/mol. The molecule has 0 N–H and O–H groups in total. The first-order valence-electron chi connectivity index (χ1n) is 4.74. The maximum Gasteiger partial charge on any atom is 0.0629 e. The summed E-state index contributed by atoms with van der Waals surface area (Å²) in [5.41, 5.74) is 0. The van der Waals surface area contributed by atoms with E-state index >= 15 is 0 Å². The van der Waals surface area contributed by atoms with Gasteiger partial charge in [0.25, 0.3) is 0 Å². The lowest BCUT2D eigenvalue weighted by Gasteiger charge is -2.24. The average Bonchev–Trinajstić information content (AvgIpc) is 2.32. The summed E-state index contributed by atoms with van der Waals surface area (Å²) in [5.74, 6) is 2.27. The van der Waals surface area contributed by atoms with Gasteiger partial charge < -0.3 is 4.74 Å². The quantitative estimate of drug-likeness (QED) is 0.597. The minimum Gasteiger partial charge on any atom is -0.378 e. The maximum absolute atomic E-state index is 5.69. The van der Waals surface area contributed by atoms with Crippen LogP contribution < -0.4 is 0 Å².